The molecule has 6 heteroatoms. The van der Waals surface area contributed by atoms with Crippen molar-refractivity contribution in [2.45, 2.75) is 19.1 Å². The molecule has 1 atom stereocenters. The summed E-state index contributed by atoms with van der Waals surface area (Å²) >= 11 is 0. The summed E-state index contributed by atoms with van der Waals surface area (Å²) in [5, 5.41) is 9.51. The predicted octanol–water partition coefficient (Wildman–Crippen LogP) is 0.924. The summed E-state index contributed by atoms with van der Waals surface area (Å²) in [6, 6.07) is 5.12. The first-order valence-corrected chi connectivity index (χ1v) is 7.46. The van der Waals surface area contributed by atoms with Crippen LogP contribution in [-0.4, -0.2) is 38.2 Å². The van der Waals surface area contributed by atoms with Gasteiger partial charge in [0.05, 0.1) is 24.7 Å². The molecule has 1 fully saturated rings. The standard InChI is InChI=1S/C12H16O5S/c1-8(13)9-3-4-11(16-2)12(5-9)17-10-6-18(14,15)7-10/h3-5,8,10,13H,6-7H2,1-2H3. The molecule has 1 saturated heterocycles. The highest BCUT2D eigenvalue weighted by molar-refractivity contribution is 7.92. The van der Waals surface area contributed by atoms with Crippen LogP contribution in [0.3, 0.4) is 0 Å². The Morgan fingerprint density at radius 3 is 2.50 bits per heavy atom. The smallest absolute Gasteiger partial charge is 0.162 e. The van der Waals surface area contributed by atoms with Crippen LogP contribution in [0.1, 0.15) is 18.6 Å². The highest BCUT2D eigenvalue weighted by Gasteiger charge is 2.35. The Morgan fingerprint density at radius 1 is 1.33 bits per heavy atom. The van der Waals surface area contributed by atoms with Crippen molar-refractivity contribution in [3.8, 4) is 11.5 Å². The molecular formula is C12H16O5S. The first-order valence-electron chi connectivity index (χ1n) is 5.64. The molecule has 1 aromatic rings. The van der Waals surface area contributed by atoms with Crippen molar-refractivity contribution in [3.63, 3.8) is 0 Å². The van der Waals surface area contributed by atoms with Crippen LogP contribution in [0.25, 0.3) is 0 Å². The van der Waals surface area contributed by atoms with Crippen LogP contribution in [0.5, 0.6) is 11.5 Å². The number of hydrogen-bond acceptors (Lipinski definition) is 5. The van der Waals surface area contributed by atoms with Crippen molar-refractivity contribution in [2.75, 3.05) is 18.6 Å². The van der Waals surface area contributed by atoms with Gasteiger partial charge in [-0.1, -0.05) is 6.07 Å². The van der Waals surface area contributed by atoms with E-state index in [1.54, 1.807) is 25.1 Å². The molecule has 1 aliphatic rings. The van der Waals surface area contributed by atoms with Crippen LogP contribution in [0.4, 0.5) is 0 Å². The van der Waals surface area contributed by atoms with Gasteiger partial charge in [-0.3, -0.25) is 0 Å². The molecule has 1 unspecified atom stereocenters. The minimum atomic E-state index is -2.91. The van der Waals surface area contributed by atoms with Crippen molar-refractivity contribution < 1.29 is 23.0 Å². The Balaban J connectivity index is 2.17. The summed E-state index contributed by atoms with van der Waals surface area (Å²) in [6.45, 7) is 1.65. The van der Waals surface area contributed by atoms with Gasteiger partial charge in [0, 0.05) is 0 Å². The molecule has 1 N–H and O–H groups in total. The third-order valence-corrected chi connectivity index (χ3v) is 4.60. The van der Waals surface area contributed by atoms with Gasteiger partial charge in [0.15, 0.2) is 21.3 Å². The molecule has 0 aromatic heterocycles. The van der Waals surface area contributed by atoms with Gasteiger partial charge < -0.3 is 14.6 Å². The number of ether oxygens (including phenoxy) is 2. The lowest BCUT2D eigenvalue weighted by Gasteiger charge is -2.27. The topological polar surface area (TPSA) is 72.8 Å². The summed E-state index contributed by atoms with van der Waals surface area (Å²) in [7, 11) is -1.40. The SMILES string of the molecule is COc1ccc(C(C)O)cc1OC1CS(=O)(=O)C1. The van der Waals surface area contributed by atoms with Crippen LogP contribution in [0, 0.1) is 0 Å². The molecule has 0 aliphatic carbocycles. The van der Waals surface area contributed by atoms with Crippen molar-refractivity contribution >= 4 is 9.84 Å². The second kappa shape index (κ2) is 4.78. The average Bonchev–Trinajstić information content (AvgIpc) is 2.26. The Kier molecular flexibility index (Phi) is 3.49. The lowest BCUT2D eigenvalue weighted by Crippen LogP contribution is -2.45. The third kappa shape index (κ3) is 2.76. The third-order valence-electron chi connectivity index (χ3n) is 2.84. The molecule has 1 heterocycles. The number of rotatable bonds is 4. The van der Waals surface area contributed by atoms with E-state index in [9.17, 15) is 13.5 Å². The molecule has 0 bridgehead atoms. The maximum atomic E-state index is 11.1. The van der Waals surface area contributed by atoms with E-state index in [-0.39, 0.29) is 17.6 Å². The number of hydrogen-bond donors (Lipinski definition) is 1. The van der Waals surface area contributed by atoms with Crippen molar-refractivity contribution in [1.82, 2.24) is 0 Å². The Morgan fingerprint density at radius 2 is 2.00 bits per heavy atom. The quantitative estimate of drug-likeness (QED) is 0.882. The predicted molar refractivity (Wildman–Crippen MR) is 66.7 cm³/mol. The van der Waals surface area contributed by atoms with E-state index in [0.29, 0.717) is 17.1 Å². The number of aliphatic hydroxyl groups is 1. The van der Waals surface area contributed by atoms with Gasteiger partial charge in [-0.15, -0.1) is 0 Å². The average molecular weight is 272 g/mol. The molecule has 2 rings (SSSR count). The van der Waals surface area contributed by atoms with Crippen LogP contribution < -0.4 is 9.47 Å². The monoisotopic (exact) mass is 272 g/mol. The summed E-state index contributed by atoms with van der Waals surface area (Å²) in [5.41, 5.74) is 0.702. The highest BCUT2D eigenvalue weighted by Crippen LogP contribution is 2.32. The number of methoxy groups -OCH3 is 1. The van der Waals surface area contributed by atoms with E-state index in [1.165, 1.54) is 7.11 Å². The van der Waals surface area contributed by atoms with Gasteiger partial charge in [-0.2, -0.15) is 0 Å². The molecule has 18 heavy (non-hydrogen) atoms. The molecular weight excluding hydrogens is 256 g/mol. The van der Waals surface area contributed by atoms with Gasteiger partial charge in [0.2, 0.25) is 0 Å². The lowest BCUT2D eigenvalue weighted by atomic mass is 10.1. The first kappa shape index (κ1) is 13.2. The Hall–Kier alpha value is -1.27. The largest absolute Gasteiger partial charge is 0.493 e. The molecule has 100 valence electrons. The zero-order valence-electron chi connectivity index (χ0n) is 10.3. The maximum absolute atomic E-state index is 11.1. The minimum Gasteiger partial charge on any atom is -0.493 e. The Labute approximate surface area is 106 Å². The number of sulfone groups is 1. The molecule has 0 saturated carbocycles. The number of aliphatic hydroxyl groups excluding tert-OH is 1. The molecule has 0 amide bonds. The number of benzene rings is 1. The van der Waals surface area contributed by atoms with E-state index in [0.717, 1.165) is 0 Å². The van der Waals surface area contributed by atoms with Gasteiger partial charge in [0.1, 0.15) is 6.10 Å². The first-order chi connectivity index (χ1) is 8.41. The fourth-order valence-electron chi connectivity index (χ4n) is 1.81. The van der Waals surface area contributed by atoms with E-state index >= 15 is 0 Å². The van der Waals surface area contributed by atoms with Crippen LogP contribution in [-0.2, 0) is 9.84 Å². The second-order valence-corrected chi connectivity index (χ2v) is 6.56. The van der Waals surface area contributed by atoms with Crippen LogP contribution in [0.15, 0.2) is 18.2 Å². The van der Waals surface area contributed by atoms with Crippen LogP contribution in [0.2, 0.25) is 0 Å². The minimum absolute atomic E-state index is 0.0368. The maximum Gasteiger partial charge on any atom is 0.162 e. The summed E-state index contributed by atoms with van der Waals surface area (Å²) in [5.74, 6) is 1.07. The van der Waals surface area contributed by atoms with Gasteiger partial charge in [-0.05, 0) is 24.6 Å². The fourth-order valence-corrected chi connectivity index (χ4v) is 2.98. The van der Waals surface area contributed by atoms with E-state index in [1.807, 2.05) is 0 Å². The van der Waals surface area contributed by atoms with E-state index in [4.69, 9.17) is 9.47 Å². The Bertz CT molecular complexity index is 523. The zero-order valence-corrected chi connectivity index (χ0v) is 11.1. The summed E-state index contributed by atoms with van der Waals surface area (Å²) in [6.07, 6.45) is -0.934. The lowest BCUT2D eigenvalue weighted by molar-refractivity contribution is 0.195. The molecule has 0 radical (unpaired) electrons. The van der Waals surface area contributed by atoms with Crippen molar-refractivity contribution in [3.05, 3.63) is 23.8 Å². The van der Waals surface area contributed by atoms with Gasteiger partial charge >= 0.3 is 0 Å². The summed E-state index contributed by atoms with van der Waals surface area (Å²) in [4.78, 5) is 0. The van der Waals surface area contributed by atoms with Gasteiger partial charge in [-0.25, -0.2) is 8.42 Å². The second-order valence-electron chi connectivity index (χ2n) is 4.40. The van der Waals surface area contributed by atoms with Crippen molar-refractivity contribution in [2.24, 2.45) is 0 Å². The van der Waals surface area contributed by atoms with Crippen molar-refractivity contribution in [1.29, 1.82) is 0 Å². The summed E-state index contributed by atoms with van der Waals surface area (Å²) < 4.78 is 32.9. The van der Waals surface area contributed by atoms with E-state index < -0.39 is 15.9 Å². The van der Waals surface area contributed by atoms with E-state index in [2.05, 4.69) is 0 Å². The molecule has 0 spiro atoms. The molecule has 5 nitrogen and oxygen atoms in total. The highest BCUT2D eigenvalue weighted by atomic mass is 32.2. The molecule has 1 aliphatic heterocycles. The van der Waals surface area contributed by atoms with Gasteiger partial charge in [0.25, 0.3) is 0 Å². The fraction of sp³-hybridized carbons (Fsp3) is 0.500. The molecule has 1 aromatic carbocycles. The normalized spacial score (nSPS) is 19.9. The van der Waals surface area contributed by atoms with Crippen LogP contribution >= 0.6 is 0 Å². The zero-order chi connectivity index (χ0) is 13.3.